The van der Waals surface area contributed by atoms with Crippen LogP contribution in [0.2, 0.25) is 0 Å². The number of fused-ring (bicyclic) bond motifs is 1. The van der Waals surface area contributed by atoms with Crippen molar-refractivity contribution >= 4 is 16.7 Å². The molecule has 2 aliphatic rings. The predicted octanol–water partition coefficient (Wildman–Crippen LogP) is 3.60. The summed E-state index contributed by atoms with van der Waals surface area (Å²) in [5, 5.41) is 26.1. The van der Waals surface area contributed by atoms with Crippen LogP contribution < -0.4 is 4.90 Å². The molecule has 1 saturated heterocycles. The smallest absolute Gasteiger partial charge is 0.159 e. The van der Waals surface area contributed by atoms with Crippen molar-refractivity contribution in [3.8, 4) is 11.9 Å². The molecule has 0 spiro atoms. The Labute approximate surface area is 182 Å². The molecule has 0 bridgehead atoms. The first-order valence-corrected chi connectivity index (χ1v) is 11.0. The number of piperidine rings is 1. The number of aliphatic hydroxyl groups is 1. The van der Waals surface area contributed by atoms with Crippen molar-refractivity contribution < 1.29 is 5.11 Å². The molecule has 2 aromatic heterocycles. The Bertz CT molecular complexity index is 1160. The van der Waals surface area contributed by atoms with Gasteiger partial charge in [-0.15, -0.1) is 0 Å². The van der Waals surface area contributed by atoms with Crippen molar-refractivity contribution in [2.45, 2.75) is 51.0 Å². The number of hydrogen-bond donors (Lipinski definition) is 1. The molecule has 0 radical (unpaired) electrons. The summed E-state index contributed by atoms with van der Waals surface area (Å²) in [5.41, 5.74) is 0.966. The maximum Gasteiger partial charge on any atom is 0.159 e. The molecule has 0 amide bonds. The molecule has 5 rings (SSSR count). The first kappa shape index (κ1) is 20.0. The monoisotopic (exact) mass is 416 g/mol. The van der Waals surface area contributed by atoms with Crippen molar-refractivity contribution in [2.75, 3.05) is 18.0 Å². The normalized spacial score (nSPS) is 27.6. The van der Waals surface area contributed by atoms with E-state index in [2.05, 4.69) is 52.0 Å². The largest absolute Gasteiger partial charge is 0.389 e. The molecule has 1 saturated carbocycles. The van der Waals surface area contributed by atoms with E-state index in [-0.39, 0.29) is 17.3 Å². The first-order valence-electron chi connectivity index (χ1n) is 11.0. The van der Waals surface area contributed by atoms with Crippen LogP contribution in [0.3, 0.4) is 0 Å². The van der Waals surface area contributed by atoms with Crippen molar-refractivity contribution in [1.29, 1.82) is 5.26 Å². The lowest BCUT2D eigenvalue weighted by Crippen LogP contribution is -2.55. The highest BCUT2D eigenvalue weighted by Crippen LogP contribution is 2.44. The molecule has 1 aromatic carbocycles. The fourth-order valence-electron chi connectivity index (χ4n) is 4.90. The van der Waals surface area contributed by atoms with Gasteiger partial charge < -0.3 is 10.0 Å². The van der Waals surface area contributed by atoms with E-state index < -0.39 is 5.60 Å². The standard InChI is InChI=1S/C24H28N6O/c1-16-12-29(13-17(2)23(16,3)31)21-10-22(27-15-26-21)30-20-9-19(6-5-18(20)11-28-30)24(14-25)7-4-8-24/h5-6,9-11,15-17,31H,4,7-8,12-13H2,1-3H3/t16-,17+,23?. The molecule has 2 fully saturated rings. The number of nitrogens with zero attached hydrogens (tertiary/aromatic N) is 6. The van der Waals surface area contributed by atoms with Gasteiger partial charge in [-0.2, -0.15) is 10.4 Å². The average molecular weight is 417 g/mol. The predicted molar refractivity (Wildman–Crippen MR) is 119 cm³/mol. The number of rotatable bonds is 3. The number of anilines is 1. The summed E-state index contributed by atoms with van der Waals surface area (Å²) < 4.78 is 1.83. The van der Waals surface area contributed by atoms with Gasteiger partial charge in [0, 0.05) is 36.4 Å². The number of aromatic nitrogens is 4. The molecular weight excluding hydrogens is 388 g/mol. The van der Waals surface area contributed by atoms with Crippen molar-refractivity contribution in [1.82, 2.24) is 19.7 Å². The van der Waals surface area contributed by atoms with Gasteiger partial charge in [-0.3, -0.25) is 0 Å². The summed E-state index contributed by atoms with van der Waals surface area (Å²) in [6.45, 7) is 7.57. The number of benzene rings is 1. The van der Waals surface area contributed by atoms with Gasteiger partial charge in [-0.25, -0.2) is 14.6 Å². The Balaban J connectivity index is 1.51. The Hall–Kier alpha value is -2.98. The summed E-state index contributed by atoms with van der Waals surface area (Å²) in [7, 11) is 0. The molecule has 160 valence electrons. The summed E-state index contributed by atoms with van der Waals surface area (Å²) in [5.74, 6) is 1.81. The quantitative estimate of drug-likeness (QED) is 0.701. The summed E-state index contributed by atoms with van der Waals surface area (Å²) in [6, 6.07) is 10.7. The van der Waals surface area contributed by atoms with Gasteiger partial charge in [0.25, 0.3) is 0 Å². The van der Waals surface area contributed by atoms with Gasteiger partial charge in [0.05, 0.1) is 28.8 Å². The molecular formula is C24H28N6O. The van der Waals surface area contributed by atoms with Crippen LogP contribution in [-0.4, -0.2) is 43.5 Å². The third kappa shape index (κ3) is 3.09. The number of nitriles is 1. The highest BCUT2D eigenvalue weighted by atomic mass is 16.3. The summed E-state index contributed by atoms with van der Waals surface area (Å²) in [6.07, 6.45) is 6.33. The van der Waals surface area contributed by atoms with E-state index in [1.54, 1.807) is 6.33 Å². The maximum atomic E-state index is 10.7. The molecule has 7 nitrogen and oxygen atoms in total. The van der Waals surface area contributed by atoms with Gasteiger partial charge in [0.1, 0.15) is 12.1 Å². The van der Waals surface area contributed by atoms with Crippen LogP contribution in [0.15, 0.2) is 36.8 Å². The fraction of sp³-hybridized carbons (Fsp3) is 0.500. The Kier molecular flexibility index (Phi) is 4.52. The minimum atomic E-state index is -0.681. The van der Waals surface area contributed by atoms with Crippen molar-refractivity contribution in [2.24, 2.45) is 11.8 Å². The van der Waals surface area contributed by atoms with Crippen LogP contribution in [-0.2, 0) is 5.41 Å². The fourth-order valence-corrected chi connectivity index (χ4v) is 4.90. The zero-order valence-corrected chi connectivity index (χ0v) is 18.3. The highest BCUT2D eigenvalue weighted by molar-refractivity contribution is 5.81. The van der Waals surface area contributed by atoms with E-state index in [0.717, 1.165) is 54.6 Å². The van der Waals surface area contributed by atoms with E-state index in [0.29, 0.717) is 5.82 Å². The van der Waals surface area contributed by atoms with Crippen LogP contribution in [0.25, 0.3) is 16.7 Å². The average Bonchev–Trinajstić information content (AvgIpc) is 3.15. The van der Waals surface area contributed by atoms with E-state index in [1.165, 1.54) is 0 Å². The third-order valence-electron chi connectivity index (χ3n) is 7.71. The molecule has 31 heavy (non-hydrogen) atoms. The highest BCUT2D eigenvalue weighted by Gasteiger charge is 2.41. The van der Waals surface area contributed by atoms with E-state index in [1.807, 2.05) is 29.9 Å². The second-order valence-electron chi connectivity index (χ2n) is 9.54. The second-order valence-corrected chi connectivity index (χ2v) is 9.54. The zero-order chi connectivity index (χ0) is 21.8. The minimum absolute atomic E-state index is 0.132. The van der Waals surface area contributed by atoms with E-state index in [9.17, 15) is 10.4 Å². The molecule has 7 heteroatoms. The Morgan fingerprint density at radius 3 is 2.45 bits per heavy atom. The Morgan fingerprint density at radius 1 is 1.10 bits per heavy atom. The minimum Gasteiger partial charge on any atom is -0.389 e. The van der Waals surface area contributed by atoms with Gasteiger partial charge in [0.15, 0.2) is 5.82 Å². The van der Waals surface area contributed by atoms with Crippen LogP contribution in [0.4, 0.5) is 5.82 Å². The van der Waals surface area contributed by atoms with Crippen molar-refractivity contribution in [3.05, 3.63) is 42.4 Å². The van der Waals surface area contributed by atoms with Gasteiger partial charge in [0.2, 0.25) is 0 Å². The second kappa shape index (κ2) is 7.03. The van der Waals surface area contributed by atoms with Gasteiger partial charge in [-0.05, 0) is 37.8 Å². The molecule has 1 N–H and O–H groups in total. The first-order chi connectivity index (χ1) is 14.8. The number of hydrogen-bond acceptors (Lipinski definition) is 6. The van der Waals surface area contributed by atoms with Crippen LogP contribution in [0, 0.1) is 23.2 Å². The SMILES string of the molecule is C[C@@H]1CN(c2cc(-n3ncc4ccc(C5(C#N)CCC5)cc43)ncn2)C[C@H](C)C1(C)O. The lowest BCUT2D eigenvalue weighted by Gasteiger charge is -2.46. The molecule has 1 aliphatic carbocycles. The van der Waals surface area contributed by atoms with Crippen LogP contribution >= 0.6 is 0 Å². The van der Waals surface area contributed by atoms with Gasteiger partial charge >= 0.3 is 0 Å². The van der Waals surface area contributed by atoms with Crippen molar-refractivity contribution in [3.63, 3.8) is 0 Å². The summed E-state index contributed by atoms with van der Waals surface area (Å²) in [4.78, 5) is 11.2. The molecule has 1 unspecified atom stereocenters. The van der Waals surface area contributed by atoms with E-state index >= 15 is 0 Å². The topological polar surface area (TPSA) is 90.9 Å². The van der Waals surface area contributed by atoms with Gasteiger partial charge in [-0.1, -0.05) is 26.0 Å². The molecule has 3 heterocycles. The lowest BCUT2D eigenvalue weighted by atomic mass is 9.65. The molecule has 3 atom stereocenters. The maximum absolute atomic E-state index is 10.7. The lowest BCUT2D eigenvalue weighted by molar-refractivity contribution is -0.0504. The van der Waals surface area contributed by atoms with Crippen LogP contribution in [0.1, 0.15) is 45.6 Å². The summed E-state index contributed by atoms with van der Waals surface area (Å²) >= 11 is 0. The third-order valence-corrected chi connectivity index (χ3v) is 7.71. The Morgan fingerprint density at radius 2 is 1.81 bits per heavy atom. The van der Waals surface area contributed by atoms with Crippen LogP contribution in [0.5, 0.6) is 0 Å². The molecule has 3 aromatic rings. The molecule has 1 aliphatic heterocycles. The van der Waals surface area contributed by atoms with E-state index in [4.69, 9.17) is 0 Å². The zero-order valence-electron chi connectivity index (χ0n) is 18.3.